The van der Waals surface area contributed by atoms with Crippen LogP contribution in [0.1, 0.15) is 70.9 Å². The molecule has 2 unspecified atom stereocenters. The van der Waals surface area contributed by atoms with E-state index in [4.69, 9.17) is 0 Å². The van der Waals surface area contributed by atoms with Crippen LogP contribution in [0.3, 0.4) is 0 Å². The molecule has 0 bridgehead atoms. The van der Waals surface area contributed by atoms with Crippen molar-refractivity contribution in [1.82, 2.24) is 9.80 Å². The predicted octanol–water partition coefficient (Wildman–Crippen LogP) is 7.51. The van der Waals surface area contributed by atoms with Crippen molar-refractivity contribution in [2.45, 2.75) is 65.8 Å². The lowest BCUT2D eigenvalue weighted by Crippen LogP contribution is -2.34. The van der Waals surface area contributed by atoms with Crippen LogP contribution in [-0.2, 0) is 0 Å². The summed E-state index contributed by atoms with van der Waals surface area (Å²) in [5, 5.41) is 0. The zero-order chi connectivity index (χ0) is 22.5. The van der Waals surface area contributed by atoms with Crippen LogP contribution >= 0.6 is 0 Å². The van der Waals surface area contributed by atoms with Crippen LogP contribution in [-0.4, -0.2) is 29.9 Å². The summed E-state index contributed by atoms with van der Waals surface area (Å²) < 4.78 is 0. The molecular weight excluding hydrogens is 376 g/mol. The Labute approximate surface area is 190 Å². The maximum Gasteiger partial charge on any atom is 0.104 e. The molecule has 0 aromatic heterocycles. The third kappa shape index (κ3) is 5.23. The normalized spacial score (nSPS) is 23.4. The average molecular weight is 417 g/mol. The monoisotopic (exact) mass is 416 g/mol. The van der Waals surface area contributed by atoms with Crippen LogP contribution in [0.2, 0.25) is 0 Å². The summed E-state index contributed by atoms with van der Waals surface area (Å²) in [5.41, 5.74) is 7.08. The van der Waals surface area contributed by atoms with Gasteiger partial charge in [0.1, 0.15) is 5.82 Å². The second kappa shape index (κ2) is 10.2. The minimum atomic E-state index is 0.348. The van der Waals surface area contributed by atoms with Crippen molar-refractivity contribution in [3.8, 4) is 0 Å². The van der Waals surface area contributed by atoms with Crippen LogP contribution in [0.25, 0.3) is 5.57 Å². The Morgan fingerprint density at radius 3 is 2.45 bits per heavy atom. The second-order valence-electron chi connectivity index (χ2n) is 8.97. The molecular formula is C29H40N2. The van der Waals surface area contributed by atoms with E-state index in [-0.39, 0.29) is 0 Å². The minimum Gasteiger partial charge on any atom is -0.364 e. The Morgan fingerprint density at radius 2 is 1.81 bits per heavy atom. The molecule has 0 radical (unpaired) electrons. The molecule has 1 saturated carbocycles. The number of hydrogen-bond acceptors (Lipinski definition) is 2. The highest BCUT2D eigenvalue weighted by atomic mass is 15.3. The van der Waals surface area contributed by atoms with E-state index in [0.717, 1.165) is 12.3 Å². The van der Waals surface area contributed by atoms with E-state index in [1.165, 1.54) is 46.5 Å². The van der Waals surface area contributed by atoms with E-state index >= 15 is 0 Å². The molecule has 1 heterocycles. The second-order valence-corrected chi connectivity index (χ2v) is 8.97. The maximum absolute atomic E-state index is 2.45. The fraction of sp³-hybridized carbons (Fsp3) is 0.448. The van der Waals surface area contributed by atoms with Gasteiger partial charge in [-0.05, 0) is 78.9 Å². The Bertz CT molecular complexity index is 922. The lowest BCUT2D eigenvalue weighted by atomic mass is 9.82. The molecule has 2 nitrogen and oxygen atoms in total. The quantitative estimate of drug-likeness (QED) is 0.490. The minimum absolute atomic E-state index is 0.348. The van der Waals surface area contributed by atoms with Gasteiger partial charge in [0, 0.05) is 20.3 Å². The highest BCUT2D eigenvalue weighted by molar-refractivity contribution is 5.78. The number of allylic oxidation sites excluding steroid dienone is 7. The molecule has 1 aromatic carbocycles. The predicted molar refractivity (Wildman–Crippen MR) is 136 cm³/mol. The summed E-state index contributed by atoms with van der Waals surface area (Å²) in [6, 6.07) is 9.66. The highest BCUT2D eigenvalue weighted by Gasteiger charge is 2.25. The largest absolute Gasteiger partial charge is 0.364 e. The molecule has 0 amide bonds. The van der Waals surface area contributed by atoms with Crippen molar-refractivity contribution < 1.29 is 0 Å². The Morgan fingerprint density at radius 1 is 1.06 bits per heavy atom. The summed E-state index contributed by atoms with van der Waals surface area (Å²) in [5.74, 6) is 2.60. The third-order valence-electron chi connectivity index (χ3n) is 6.29. The fourth-order valence-corrected chi connectivity index (χ4v) is 4.52. The topological polar surface area (TPSA) is 6.48 Å². The molecule has 1 aromatic rings. The van der Waals surface area contributed by atoms with Gasteiger partial charge in [0.05, 0.1) is 6.04 Å². The lowest BCUT2D eigenvalue weighted by Gasteiger charge is -2.36. The molecule has 2 atom stereocenters. The first-order valence-corrected chi connectivity index (χ1v) is 12.0. The van der Waals surface area contributed by atoms with Crippen LogP contribution in [0.5, 0.6) is 0 Å². The molecule has 31 heavy (non-hydrogen) atoms. The molecule has 4 rings (SSSR count). The number of rotatable bonds is 5. The Balaban J connectivity index is 0.00000132. The van der Waals surface area contributed by atoms with Gasteiger partial charge in [0.25, 0.3) is 0 Å². The number of benzene rings is 1. The van der Waals surface area contributed by atoms with Gasteiger partial charge >= 0.3 is 0 Å². The van der Waals surface area contributed by atoms with Gasteiger partial charge in [-0.15, -0.1) is 0 Å². The van der Waals surface area contributed by atoms with Crippen LogP contribution in [0, 0.1) is 5.92 Å². The van der Waals surface area contributed by atoms with E-state index in [1.54, 1.807) is 0 Å². The van der Waals surface area contributed by atoms with Crippen molar-refractivity contribution >= 4 is 5.57 Å². The maximum atomic E-state index is 2.45. The van der Waals surface area contributed by atoms with Gasteiger partial charge in [-0.2, -0.15) is 0 Å². The zero-order valence-corrected chi connectivity index (χ0v) is 20.5. The number of nitrogens with zero attached hydrogens (tertiary/aromatic N) is 2. The zero-order valence-electron chi connectivity index (χ0n) is 20.5. The number of hydrogen-bond donors (Lipinski definition) is 0. The lowest BCUT2D eigenvalue weighted by molar-refractivity contribution is 0.296. The first-order chi connectivity index (χ1) is 15.0. The van der Waals surface area contributed by atoms with Crippen LogP contribution < -0.4 is 0 Å². The van der Waals surface area contributed by atoms with E-state index in [9.17, 15) is 0 Å². The smallest absolute Gasteiger partial charge is 0.104 e. The SMILES string of the molecule is C/C=C(/N(C)C)N1C=C(C2=C(c3cccc(C4CC4)c3)CC(C)C=C2)C=CC1C.CC. The summed E-state index contributed by atoms with van der Waals surface area (Å²) in [7, 11) is 4.23. The van der Waals surface area contributed by atoms with Gasteiger partial charge < -0.3 is 9.80 Å². The Hall–Kier alpha value is -2.48. The molecule has 2 aliphatic carbocycles. The van der Waals surface area contributed by atoms with Crippen molar-refractivity contribution in [2.24, 2.45) is 5.92 Å². The van der Waals surface area contributed by atoms with Gasteiger partial charge in [-0.3, -0.25) is 0 Å². The van der Waals surface area contributed by atoms with Crippen molar-refractivity contribution in [3.63, 3.8) is 0 Å². The molecule has 0 N–H and O–H groups in total. The van der Waals surface area contributed by atoms with E-state index in [1.807, 2.05) is 13.8 Å². The molecule has 1 aliphatic heterocycles. The van der Waals surface area contributed by atoms with Gasteiger partial charge in [0.15, 0.2) is 0 Å². The third-order valence-corrected chi connectivity index (χ3v) is 6.29. The van der Waals surface area contributed by atoms with E-state index in [2.05, 4.69) is 106 Å². The van der Waals surface area contributed by atoms with E-state index in [0.29, 0.717) is 12.0 Å². The first-order valence-electron chi connectivity index (χ1n) is 12.0. The summed E-state index contributed by atoms with van der Waals surface area (Å²) in [6.07, 6.45) is 17.7. The van der Waals surface area contributed by atoms with Crippen LogP contribution in [0.4, 0.5) is 0 Å². The molecule has 3 aliphatic rings. The summed E-state index contributed by atoms with van der Waals surface area (Å²) in [6.45, 7) is 10.7. The van der Waals surface area contributed by atoms with Gasteiger partial charge in [0.2, 0.25) is 0 Å². The standard InChI is InChI=1S/C27H34N2.C2H6/c1-6-27(28(4)5)29-18-24(12-11-20(29)3)25-15-10-19(2)16-26(25)23-9-7-8-22(17-23)21-13-14-21;1-2/h6-12,15,17-21H,13-14,16H2,1-5H3;1-2H3/b27-6-;. The van der Waals surface area contributed by atoms with Crippen LogP contribution in [0.15, 0.2) is 77.8 Å². The molecule has 0 saturated heterocycles. The first kappa shape index (κ1) is 23.2. The summed E-state index contributed by atoms with van der Waals surface area (Å²) >= 11 is 0. The fourth-order valence-electron chi connectivity index (χ4n) is 4.52. The van der Waals surface area contributed by atoms with Gasteiger partial charge in [-0.1, -0.05) is 69.3 Å². The molecule has 2 heteroatoms. The average Bonchev–Trinajstić information content (AvgIpc) is 3.62. The van der Waals surface area contributed by atoms with Crippen molar-refractivity contribution in [2.75, 3.05) is 14.1 Å². The Kier molecular flexibility index (Phi) is 7.64. The van der Waals surface area contributed by atoms with E-state index < -0.39 is 0 Å². The molecule has 166 valence electrons. The van der Waals surface area contributed by atoms with Crippen molar-refractivity contribution in [3.05, 3.63) is 88.9 Å². The summed E-state index contributed by atoms with van der Waals surface area (Å²) in [4.78, 5) is 4.57. The highest BCUT2D eigenvalue weighted by Crippen LogP contribution is 2.42. The molecule has 0 spiro atoms. The molecule has 1 fully saturated rings. The van der Waals surface area contributed by atoms with Gasteiger partial charge in [-0.25, -0.2) is 0 Å². The van der Waals surface area contributed by atoms with Crippen molar-refractivity contribution in [1.29, 1.82) is 0 Å².